The molecule has 0 radical (unpaired) electrons. The minimum atomic E-state index is -0.986. The molecule has 0 heterocycles. The van der Waals surface area contributed by atoms with E-state index in [1.54, 1.807) is 0 Å². The first-order chi connectivity index (χ1) is 15.3. The highest BCUT2D eigenvalue weighted by atomic mass is 19.1. The summed E-state index contributed by atoms with van der Waals surface area (Å²) in [5.41, 5.74) is 2.05. The molecule has 2 amide bonds. The van der Waals surface area contributed by atoms with Crippen molar-refractivity contribution in [1.29, 1.82) is 0 Å². The molecule has 32 heavy (non-hydrogen) atoms. The number of carboxylic acids is 1. The number of carbonyl (C=O) groups is 3. The van der Waals surface area contributed by atoms with Gasteiger partial charge in [-0.15, -0.1) is 0 Å². The molecule has 1 saturated carbocycles. The maximum Gasteiger partial charge on any atom is 0.303 e. The smallest absolute Gasteiger partial charge is 0.303 e. The number of rotatable bonds is 9. The first-order valence-electron chi connectivity index (χ1n) is 11.0. The molecule has 1 atom stereocenters. The molecule has 1 fully saturated rings. The second-order valence-electron chi connectivity index (χ2n) is 8.29. The van der Waals surface area contributed by atoms with Crippen LogP contribution in [0.5, 0.6) is 0 Å². The summed E-state index contributed by atoms with van der Waals surface area (Å²) in [6, 6.07) is 11.9. The number of carbonyl (C=O) groups excluding carboxylic acids is 2. The summed E-state index contributed by atoms with van der Waals surface area (Å²) in [5.74, 6) is -2.11. The van der Waals surface area contributed by atoms with Gasteiger partial charge in [0.15, 0.2) is 0 Å². The van der Waals surface area contributed by atoms with Gasteiger partial charge in [-0.25, -0.2) is 4.39 Å². The van der Waals surface area contributed by atoms with Gasteiger partial charge in [0.2, 0.25) is 11.8 Å². The first kappa shape index (κ1) is 23.4. The molecule has 2 N–H and O–H groups in total. The Bertz CT molecular complexity index is 937. The van der Waals surface area contributed by atoms with E-state index in [9.17, 15) is 18.8 Å². The largest absolute Gasteiger partial charge is 0.481 e. The monoisotopic (exact) mass is 440 g/mol. The van der Waals surface area contributed by atoms with Crippen LogP contribution in [-0.4, -0.2) is 28.9 Å². The van der Waals surface area contributed by atoms with Gasteiger partial charge < -0.3 is 10.4 Å². The number of aliphatic carboxylic acids is 1. The summed E-state index contributed by atoms with van der Waals surface area (Å²) in [6.07, 6.45) is 3.86. The van der Waals surface area contributed by atoms with Crippen LogP contribution in [0.4, 0.5) is 10.1 Å². The summed E-state index contributed by atoms with van der Waals surface area (Å²) in [7, 11) is 0. The maximum atomic E-state index is 13.6. The predicted molar refractivity (Wildman–Crippen MR) is 120 cm³/mol. The van der Waals surface area contributed by atoms with Gasteiger partial charge in [0, 0.05) is 24.6 Å². The second kappa shape index (κ2) is 10.9. The fourth-order valence-electron chi connectivity index (χ4n) is 4.07. The summed E-state index contributed by atoms with van der Waals surface area (Å²) in [4.78, 5) is 39.1. The van der Waals surface area contributed by atoms with Gasteiger partial charge >= 0.3 is 5.97 Å². The Balaban J connectivity index is 1.98. The van der Waals surface area contributed by atoms with Crippen LogP contribution in [0.3, 0.4) is 0 Å². The van der Waals surface area contributed by atoms with Gasteiger partial charge in [-0.3, -0.25) is 19.3 Å². The van der Waals surface area contributed by atoms with Crippen LogP contribution < -0.4 is 10.2 Å². The molecule has 1 aliphatic rings. The summed E-state index contributed by atoms with van der Waals surface area (Å²) in [6.45, 7) is 1.94. The van der Waals surface area contributed by atoms with Crippen molar-refractivity contribution in [2.45, 2.75) is 64.0 Å². The fraction of sp³-hybridized carbons (Fsp3) is 0.400. The third-order valence-electron chi connectivity index (χ3n) is 5.76. The molecule has 0 aromatic heterocycles. The lowest BCUT2D eigenvalue weighted by Crippen LogP contribution is -2.46. The Morgan fingerprint density at radius 2 is 1.66 bits per heavy atom. The predicted octanol–water partition coefficient (Wildman–Crippen LogP) is 4.52. The van der Waals surface area contributed by atoms with Crippen molar-refractivity contribution >= 4 is 23.5 Å². The van der Waals surface area contributed by atoms with Crippen molar-refractivity contribution in [3.8, 4) is 0 Å². The van der Waals surface area contributed by atoms with E-state index in [2.05, 4.69) is 5.32 Å². The highest BCUT2D eigenvalue weighted by molar-refractivity contribution is 6.01. The van der Waals surface area contributed by atoms with Crippen LogP contribution in [0.2, 0.25) is 0 Å². The van der Waals surface area contributed by atoms with E-state index >= 15 is 0 Å². The van der Waals surface area contributed by atoms with Gasteiger partial charge in [-0.2, -0.15) is 0 Å². The SMILES string of the molecule is Cc1ccc(C(C(=O)NC2CCCC2)N(C(=O)CCCC(=O)O)c2ccc(F)cc2)cc1. The molecule has 0 bridgehead atoms. The van der Waals surface area contributed by atoms with Crippen LogP contribution in [0, 0.1) is 12.7 Å². The zero-order chi connectivity index (χ0) is 23.1. The number of nitrogens with zero attached hydrogens (tertiary/aromatic N) is 1. The number of carboxylic acid groups (broad SMARTS) is 1. The minimum Gasteiger partial charge on any atom is -0.481 e. The summed E-state index contributed by atoms with van der Waals surface area (Å²) in [5, 5.41) is 12.0. The molecule has 0 aliphatic heterocycles. The normalized spacial score (nSPS) is 14.7. The molecule has 2 aromatic carbocycles. The fourth-order valence-corrected chi connectivity index (χ4v) is 4.07. The van der Waals surface area contributed by atoms with Crippen molar-refractivity contribution in [3.05, 3.63) is 65.5 Å². The minimum absolute atomic E-state index is 0.0389. The van der Waals surface area contributed by atoms with E-state index in [4.69, 9.17) is 5.11 Å². The Morgan fingerprint density at radius 3 is 2.25 bits per heavy atom. The quantitative estimate of drug-likeness (QED) is 0.600. The van der Waals surface area contributed by atoms with Crippen LogP contribution in [-0.2, 0) is 14.4 Å². The molecule has 3 rings (SSSR count). The van der Waals surface area contributed by atoms with Gasteiger partial charge in [0.1, 0.15) is 11.9 Å². The van der Waals surface area contributed by atoms with E-state index in [0.717, 1.165) is 31.2 Å². The lowest BCUT2D eigenvalue weighted by atomic mass is 10.00. The zero-order valence-corrected chi connectivity index (χ0v) is 18.2. The van der Waals surface area contributed by atoms with E-state index in [-0.39, 0.29) is 37.1 Å². The molecule has 7 heteroatoms. The molecular formula is C25H29FN2O4. The molecule has 170 valence electrons. The number of nitrogens with one attached hydrogen (secondary N) is 1. The zero-order valence-electron chi connectivity index (χ0n) is 18.2. The summed E-state index contributed by atoms with van der Waals surface area (Å²) >= 11 is 0. The van der Waals surface area contributed by atoms with E-state index < -0.39 is 17.8 Å². The Kier molecular flexibility index (Phi) is 7.98. The lowest BCUT2D eigenvalue weighted by Gasteiger charge is -2.32. The lowest BCUT2D eigenvalue weighted by molar-refractivity contribution is -0.137. The number of hydrogen-bond donors (Lipinski definition) is 2. The van der Waals surface area contributed by atoms with Crippen LogP contribution in [0.1, 0.15) is 62.1 Å². The van der Waals surface area contributed by atoms with Crippen molar-refractivity contribution in [1.82, 2.24) is 5.32 Å². The van der Waals surface area contributed by atoms with Crippen LogP contribution in [0.15, 0.2) is 48.5 Å². The van der Waals surface area contributed by atoms with Crippen molar-refractivity contribution in [3.63, 3.8) is 0 Å². The van der Waals surface area contributed by atoms with Crippen molar-refractivity contribution in [2.24, 2.45) is 0 Å². The average molecular weight is 441 g/mol. The first-order valence-corrected chi connectivity index (χ1v) is 11.0. The van der Waals surface area contributed by atoms with E-state index in [1.807, 2.05) is 31.2 Å². The maximum absolute atomic E-state index is 13.6. The number of hydrogen-bond acceptors (Lipinski definition) is 3. The number of halogens is 1. The standard InChI is InChI=1S/C25H29FN2O4/c1-17-9-11-18(12-10-17)24(25(32)27-20-5-2-3-6-20)28(21-15-13-19(26)14-16-21)22(29)7-4-8-23(30)31/h9-16,20,24H,2-8H2,1H3,(H,27,32)(H,30,31). The van der Waals surface area contributed by atoms with Gasteiger partial charge in [-0.1, -0.05) is 42.7 Å². The Hall–Kier alpha value is -3.22. The van der Waals surface area contributed by atoms with Crippen LogP contribution in [0.25, 0.3) is 0 Å². The Labute approximate surface area is 187 Å². The topological polar surface area (TPSA) is 86.7 Å². The molecule has 1 aliphatic carbocycles. The van der Waals surface area contributed by atoms with Gasteiger partial charge in [0.05, 0.1) is 0 Å². The molecule has 0 saturated heterocycles. The molecule has 0 spiro atoms. The number of anilines is 1. The molecule has 2 aromatic rings. The number of aryl methyl sites for hydroxylation is 1. The second-order valence-corrected chi connectivity index (χ2v) is 8.29. The van der Waals surface area contributed by atoms with Crippen molar-refractivity contribution in [2.75, 3.05) is 4.90 Å². The van der Waals surface area contributed by atoms with E-state index in [1.165, 1.54) is 29.2 Å². The summed E-state index contributed by atoms with van der Waals surface area (Å²) < 4.78 is 13.6. The van der Waals surface area contributed by atoms with Gasteiger partial charge in [0.25, 0.3) is 0 Å². The van der Waals surface area contributed by atoms with E-state index in [0.29, 0.717) is 11.3 Å². The molecular weight excluding hydrogens is 411 g/mol. The van der Waals surface area contributed by atoms with Crippen LogP contribution >= 0.6 is 0 Å². The van der Waals surface area contributed by atoms with Gasteiger partial charge in [-0.05, 0) is 56.0 Å². The highest BCUT2D eigenvalue weighted by Gasteiger charge is 2.34. The third-order valence-corrected chi connectivity index (χ3v) is 5.76. The average Bonchev–Trinajstić information content (AvgIpc) is 3.26. The number of benzene rings is 2. The number of amides is 2. The molecule has 6 nitrogen and oxygen atoms in total. The molecule has 1 unspecified atom stereocenters. The Morgan fingerprint density at radius 1 is 1.03 bits per heavy atom. The van der Waals surface area contributed by atoms with Crippen molar-refractivity contribution < 1.29 is 23.9 Å². The third kappa shape index (κ3) is 6.15. The highest BCUT2D eigenvalue weighted by Crippen LogP contribution is 2.30.